The number of para-hydroxylation sites is 1. The van der Waals surface area contributed by atoms with Crippen molar-refractivity contribution < 1.29 is 9.53 Å². The first kappa shape index (κ1) is 15.2. The minimum Gasteiger partial charge on any atom is -0.366 e. The van der Waals surface area contributed by atoms with E-state index in [4.69, 9.17) is 4.74 Å². The lowest BCUT2D eigenvalue weighted by atomic mass is 10.0. The molecular formula is C19H26N2O2. The third kappa shape index (κ3) is 2.68. The quantitative estimate of drug-likeness (QED) is 0.932. The van der Waals surface area contributed by atoms with Gasteiger partial charge in [0.1, 0.15) is 0 Å². The summed E-state index contributed by atoms with van der Waals surface area (Å²) >= 11 is 0. The Morgan fingerprint density at radius 3 is 2.48 bits per heavy atom. The fourth-order valence-corrected chi connectivity index (χ4v) is 4.00. The molecule has 1 aliphatic heterocycles. The first-order chi connectivity index (χ1) is 10.9. The van der Waals surface area contributed by atoms with E-state index in [-0.39, 0.29) is 17.1 Å². The van der Waals surface area contributed by atoms with E-state index < -0.39 is 0 Å². The molecule has 1 heterocycles. The normalized spacial score (nSPS) is 27.2. The third-order valence-electron chi connectivity index (χ3n) is 5.86. The lowest BCUT2D eigenvalue weighted by molar-refractivity contribution is -0.150. The number of hydrogen-bond acceptors (Lipinski definition) is 3. The maximum absolute atomic E-state index is 12.6. The van der Waals surface area contributed by atoms with Gasteiger partial charge in [0, 0.05) is 18.3 Å². The molecular weight excluding hydrogens is 288 g/mol. The molecule has 124 valence electrons. The van der Waals surface area contributed by atoms with Gasteiger partial charge in [-0.25, -0.2) is 0 Å². The standard InChI is InChI=1S/C19H26N2O2/c1-13-5-4-6-14(2)17(13)20-16(22)11-21-12-18(7-8-18)23-19(9-10-19)15(21)3/h4-6,15H,7-12H2,1-3H3,(H,20,22). The highest BCUT2D eigenvalue weighted by Crippen LogP contribution is 2.56. The van der Waals surface area contributed by atoms with Crippen LogP contribution in [-0.4, -0.2) is 41.1 Å². The van der Waals surface area contributed by atoms with Crippen molar-refractivity contribution in [2.24, 2.45) is 0 Å². The number of ether oxygens (including phenoxy) is 1. The van der Waals surface area contributed by atoms with E-state index in [1.54, 1.807) is 0 Å². The largest absolute Gasteiger partial charge is 0.366 e. The summed E-state index contributed by atoms with van der Waals surface area (Å²) in [5.41, 5.74) is 3.28. The zero-order chi connectivity index (χ0) is 16.2. The van der Waals surface area contributed by atoms with E-state index in [0.29, 0.717) is 12.6 Å². The van der Waals surface area contributed by atoms with Crippen LogP contribution in [0.3, 0.4) is 0 Å². The van der Waals surface area contributed by atoms with Crippen molar-refractivity contribution in [3.8, 4) is 0 Å². The molecule has 4 heteroatoms. The van der Waals surface area contributed by atoms with E-state index in [9.17, 15) is 4.79 Å². The number of carbonyl (C=O) groups is 1. The van der Waals surface area contributed by atoms with Crippen molar-refractivity contribution >= 4 is 11.6 Å². The molecule has 0 aromatic heterocycles. The number of aryl methyl sites for hydroxylation is 2. The second-order valence-corrected chi connectivity index (χ2v) is 7.75. The molecule has 1 amide bonds. The summed E-state index contributed by atoms with van der Waals surface area (Å²) in [7, 11) is 0. The van der Waals surface area contributed by atoms with Crippen molar-refractivity contribution in [3.63, 3.8) is 0 Å². The predicted octanol–water partition coefficient (Wildman–Crippen LogP) is 3.03. The van der Waals surface area contributed by atoms with Gasteiger partial charge in [0.25, 0.3) is 0 Å². The average molecular weight is 314 g/mol. The summed E-state index contributed by atoms with van der Waals surface area (Å²) in [6.07, 6.45) is 4.59. The molecule has 4 rings (SSSR count). The van der Waals surface area contributed by atoms with Gasteiger partial charge in [0.15, 0.2) is 0 Å². The predicted molar refractivity (Wildman–Crippen MR) is 90.6 cm³/mol. The van der Waals surface area contributed by atoms with Gasteiger partial charge in [-0.2, -0.15) is 0 Å². The van der Waals surface area contributed by atoms with Crippen molar-refractivity contribution in [2.45, 2.75) is 63.7 Å². The summed E-state index contributed by atoms with van der Waals surface area (Å²) in [5, 5.41) is 3.12. The Balaban J connectivity index is 1.46. The van der Waals surface area contributed by atoms with E-state index >= 15 is 0 Å². The van der Waals surface area contributed by atoms with Crippen LogP contribution >= 0.6 is 0 Å². The molecule has 1 atom stereocenters. The third-order valence-corrected chi connectivity index (χ3v) is 5.86. The smallest absolute Gasteiger partial charge is 0.238 e. The zero-order valence-electron chi connectivity index (χ0n) is 14.3. The molecule has 2 spiro atoms. The summed E-state index contributed by atoms with van der Waals surface area (Å²) in [4.78, 5) is 14.9. The van der Waals surface area contributed by atoms with Crippen molar-refractivity contribution in [1.82, 2.24) is 4.90 Å². The molecule has 1 saturated heterocycles. The molecule has 0 bridgehead atoms. The molecule has 1 unspecified atom stereocenters. The van der Waals surface area contributed by atoms with Crippen molar-refractivity contribution in [3.05, 3.63) is 29.3 Å². The number of carbonyl (C=O) groups excluding carboxylic acids is 1. The second kappa shape index (κ2) is 5.05. The molecule has 3 fully saturated rings. The Bertz CT molecular complexity index is 627. The zero-order valence-corrected chi connectivity index (χ0v) is 14.3. The molecule has 3 aliphatic rings. The van der Waals surface area contributed by atoms with Crippen LogP contribution in [0.2, 0.25) is 0 Å². The minimum absolute atomic E-state index is 0.0353. The lowest BCUT2D eigenvalue weighted by Gasteiger charge is -2.44. The fraction of sp³-hybridized carbons (Fsp3) is 0.632. The number of rotatable bonds is 3. The number of nitrogens with one attached hydrogen (secondary N) is 1. The van der Waals surface area contributed by atoms with Gasteiger partial charge in [-0.1, -0.05) is 18.2 Å². The first-order valence-corrected chi connectivity index (χ1v) is 8.73. The number of hydrogen-bond donors (Lipinski definition) is 1. The monoisotopic (exact) mass is 314 g/mol. The molecule has 1 aromatic carbocycles. The lowest BCUT2D eigenvalue weighted by Crippen LogP contribution is -2.57. The highest BCUT2D eigenvalue weighted by molar-refractivity contribution is 5.93. The number of nitrogens with zero attached hydrogens (tertiary/aromatic N) is 1. The number of benzene rings is 1. The molecule has 2 saturated carbocycles. The molecule has 0 radical (unpaired) electrons. The van der Waals surface area contributed by atoms with Crippen molar-refractivity contribution in [2.75, 3.05) is 18.4 Å². The van der Waals surface area contributed by atoms with Crippen molar-refractivity contribution in [1.29, 1.82) is 0 Å². The van der Waals surface area contributed by atoms with Crippen LogP contribution in [-0.2, 0) is 9.53 Å². The van der Waals surface area contributed by atoms with Gasteiger partial charge < -0.3 is 10.1 Å². The van der Waals surface area contributed by atoms with Crippen LogP contribution in [0, 0.1) is 13.8 Å². The molecule has 2 aliphatic carbocycles. The van der Waals surface area contributed by atoms with E-state index in [2.05, 4.69) is 17.1 Å². The maximum Gasteiger partial charge on any atom is 0.238 e. The fourth-order valence-electron chi connectivity index (χ4n) is 4.00. The average Bonchev–Trinajstić information content (AvgIpc) is 3.41. The summed E-state index contributed by atoms with van der Waals surface area (Å²) in [5.74, 6) is 0.0859. The Hall–Kier alpha value is -1.39. The molecule has 1 aromatic rings. The maximum atomic E-state index is 12.6. The van der Waals surface area contributed by atoms with Crippen LogP contribution in [0.15, 0.2) is 18.2 Å². The number of anilines is 1. The summed E-state index contributed by atoms with van der Waals surface area (Å²) in [6, 6.07) is 6.44. The van der Waals surface area contributed by atoms with Gasteiger partial charge >= 0.3 is 0 Å². The topological polar surface area (TPSA) is 41.6 Å². The first-order valence-electron chi connectivity index (χ1n) is 8.73. The summed E-state index contributed by atoms with van der Waals surface area (Å²) in [6.45, 7) is 7.66. The molecule has 1 N–H and O–H groups in total. The Morgan fingerprint density at radius 2 is 1.91 bits per heavy atom. The highest BCUT2D eigenvalue weighted by Gasteiger charge is 2.63. The SMILES string of the molecule is Cc1cccc(C)c1NC(=O)CN1CC2(CC2)OC2(CC2)C1C. The Labute approximate surface area is 138 Å². The molecule has 4 nitrogen and oxygen atoms in total. The van der Waals surface area contributed by atoms with Gasteiger partial charge in [0.2, 0.25) is 5.91 Å². The molecule has 23 heavy (non-hydrogen) atoms. The van der Waals surface area contributed by atoms with Gasteiger partial charge in [-0.3, -0.25) is 9.69 Å². The summed E-state index contributed by atoms with van der Waals surface area (Å²) < 4.78 is 6.39. The Kier molecular flexibility index (Phi) is 3.33. The van der Waals surface area contributed by atoms with Crippen LogP contribution in [0.4, 0.5) is 5.69 Å². The van der Waals surface area contributed by atoms with Gasteiger partial charge in [-0.15, -0.1) is 0 Å². The second-order valence-electron chi connectivity index (χ2n) is 7.75. The van der Waals surface area contributed by atoms with Crippen LogP contribution in [0.25, 0.3) is 0 Å². The van der Waals surface area contributed by atoms with E-state index in [1.807, 2.05) is 32.0 Å². The number of amides is 1. The van der Waals surface area contributed by atoms with E-state index in [0.717, 1.165) is 49.0 Å². The van der Waals surface area contributed by atoms with Crippen LogP contribution in [0.5, 0.6) is 0 Å². The highest BCUT2D eigenvalue weighted by atomic mass is 16.5. The van der Waals surface area contributed by atoms with E-state index in [1.165, 1.54) is 0 Å². The van der Waals surface area contributed by atoms with Gasteiger partial charge in [-0.05, 0) is 57.6 Å². The number of morpholine rings is 1. The van der Waals surface area contributed by atoms with Crippen LogP contribution in [0.1, 0.15) is 43.7 Å². The van der Waals surface area contributed by atoms with Crippen LogP contribution < -0.4 is 5.32 Å². The minimum atomic E-state index is 0.0353. The Morgan fingerprint density at radius 1 is 1.26 bits per heavy atom. The van der Waals surface area contributed by atoms with Gasteiger partial charge in [0.05, 0.1) is 17.7 Å².